The lowest BCUT2D eigenvalue weighted by Crippen LogP contribution is -2.60. The van der Waals surface area contributed by atoms with E-state index in [2.05, 4.69) is 0 Å². The summed E-state index contributed by atoms with van der Waals surface area (Å²) in [6.45, 7) is 0. The van der Waals surface area contributed by atoms with Gasteiger partial charge in [-0.1, -0.05) is 0 Å². The predicted molar refractivity (Wildman–Crippen MR) is 21.6 cm³/mol. The molecule has 0 amide bonds. The summed E-state index contributed by atoms with van der Waals surface area (Å²) in [6.07, 6.45) is -13.6. The molecule has 0 N–H and O–H groups in total. The second-order valence-corrected chi connectivity index (χ2v) is 2.16. The van der Waals surface area contributed by atoms with Gasteiger partial charge in [0.2, 0.25) is 0 Å². The molecular formula is C4F9O. The zero-order valence-electron chi connectivity index (χ0n) is 5.81. The molecule has 14 heavy (non-hydrogen) atoms. The Morgan fingerprint density at radius 1 is 0.571 bits per heavy atom. The van der Waals surface area contributed by atoms with Gasteiger partial charge in [0.25, 0.3) is 0 Å². The Labute approximate surface area is 70.1 Å². The van der Waals surface area contributed by atoms with E-state index in [1.807, 2.05) is 0 Å². The van der Waals surface area contributed by atoms with E-state index >= 15 is 0 Å². The van der Waals surface area contributed by atoms with E-state index in [0.717, 1.165) is 0 Å². The molecule has 0 saturated carbocycles. The maximum absolute atomic E-state index is 11.7. The Kier molecular flexibility index (Phi) is 2.77. The van der Waals surface area contributed by atoms with Crippen molar-refractivity contribution in [3.8, 4) is 0 Å². The quantitative estimate of drug-likeness (QED) is 0.656. The SMILES string of the molecule is [O]C(F)(F)C(F)(F)C(F)(F)C(F)(F)F. The molecule has 0 aromatic carbocycles. The molecule has 0 bridgehead atoms. The molecule has 1 radical (unpaired) electrons. The number of hydrogen-bond donors (Lipinski definition) is 0. The molecule has 1 nitrogen and oxygen atoms in total. The van der Waals surface area contributed by atoms with Gasteiger partial charge in [-0.25, -0.2) is 0 Å². The molecule has 0 aromatic heterocycles. The van der Waals surface area contributed by atoms with Gasteiger partial charge in [-0.05, 0) is 0 Å². The Morgan fingerprint density at radius 2 is 0.857 bits per heavy atom. The van der Waals surface area contributed by atoms with Gasteiger partial charge in [0.1, 0.15) is 0 Å². The van der Waals surface area contributed by atoms with E-state index < -0.39 is 24.1 Å². The summed E-state index contributed by atoms with van der Waals surface area (Å²) in [5.74, 6) is -14.1. The van der Waals surface area contributed by atoms with Gasteiger partial charge in [-0.15, -0.1) is 0 Å². The van der Waals surface area contributed by atoms with Crippen molar-refractivity contribution < 1.29 is 44.6 Å². The second-order valence-electron chi connectivity index (χ2n) is 2.16. The van der Waals surface area contributed by atoms with Crippen LogP contribution in [0.1, 0.15) is 0 Å². The van der Waals surface area contributed by atoms with Crippen LogP contribution in [0.25, 0.3) is 0 Å². The minimum Gasteiger partial charge on any atom is -0.189 e. The van der Waals surface area contributed by atoms with Crippen molar-refractivity contribution in [1.29, 1.82) is 0 Å². The third kappa shape index (κ3) is 1.74. The third-order valence-electron chi connectivity index (χ3n) is 1.12. The van der Waals surface area contributed by atoms with Crippen LogP contribution in [-0.2, 0) is 5.11 Å². The van der Waals surface area contributed by atoms with Crippen molar-refractivity contribution in [3.05, 3.63) is 0 Å². The molecule has 0 fully saturated rings. The van der Waals surface area contributed by atoms with Gasteiger partial charge in [0.05, 0.1) is 0 Å². The standard InChI is InChI=1S/C4F9O/c5-1(6,3(9,10)11)2(7,8)4(12,13)14. The van der Waals surface area contributed by atoms with Gasteiger partial charge in [-0.2, -0.15) is 44.6 Å². The molecule has 0 spiro atoms. The van der Waals surface area contributed by atoms with Crippen LogP contribution in [0.5, 0.6) is 0 Å². The summed E-state index contributed by atoms with van der Waals surface area (Å²) >= 11 is 0. The van der Waals surface area contributed by atoms with Crippen molar-refractivity contribution in [2.24, 2.45) is 0 Å². The number of rotatable bonds is 2. The molecule has 0 aliphatic heterocycles. The maximum atomic E-state index is 11.7. The Bertz CT molecular complexity index is 186. The van der Waals surface area contributed by atoms with Crippen LogP contribution >= 0.6 is 0 Å². The van der Waals surface area contributed by atoms with E-state index in [4.69, 9.17) is 5.11 Å². The van der Waals surface area contributed by atoms with Crippen LogP contribution in [0, 0.1) is 0 Å². The minimum atomic E-state index is -7.08. The fourth-order valence-electron chi connectivity index (χ4n) is 0.361. The molecule has 0 aliphatic carbocycles. The van der Waals surface area contributed by atoms with Gasteiger partial charge in [0.15, 0.2) is 0 Å². The van der Waals surface area contributed by atoms with Gasteiger partial charge < -0.3 is 0 Å². The lowest BCUT2D eigenvalue weighted by Gasteiger charge is -2.29. The van der Waals surface area contributed by atoms with Gasteiger partial charge in [-0.3, -0.25) is 0 Å². The van der Waals surface area contributed by atoms with Crippen LogP contribution in [-0.4, -0.2) is 24.1 Å². The Morgan fingerprint density at radius 3 is 0.929 bits per heavy atom. The molecule has 0 aromatic rings. The number of alkyl halides is 9. The largest absolute Gasteiger partial charge is 0.460 e. The maximum Gasteiger partial charge on any atom is 0.460 e. The van der Waals surface area contributed by atoms with E-state index in [9.17, 15) is 39.5 Å². The number of hydrogen-bond acceptors (Lipinski definition) is 0. The minimum absolute atomic E-state index is 6.72. The van der Waals surface area contributed by atoms with E-state index in [1.165, 1.54) is 0 Å². The summed E-state index contributed by atoms with van der Waals surface area (Å²) < 4.78 is 103. The number of halogens is 9. The van der Waals surface area contributed by atoms with E-state index in [-0.39, 0.29) is 0 Å². The normalized spacial score (nSPS) is 15.9. The average Bonchev–Trinajstić information content (AvgIpc) is 1.81. The van der Waals surface area contributed by atoms with Crippen LogP contribution in [0.4, 0.5) is 39.5 Å². The van der Waals surface area contributed by atoms with Crippen molar-refractivity contribution >= 4 is 0 Å². The lowest BCUT2D eigenvalue weighted by atomic mass is 10.1. The average molecular weight is 235 g/mol. The highest BCUT2D eigenvalue weighted by molar-refractivity contribution is 4.95. The first-order valence-corrected chi connectivity index (χ1v) is 2.65. The summed E-state index contributed by atoms with van der Waals surface area (Å²) in [5.41, 5.74) is 0. The molecule has 0 heterocycles. The lowest BCUT2D eigenvalue weighted by molar-refractivity contribution is -0.448. The van der Waals surface area contributed by atoms with Crippen LogP contribution < -0.4 is 0 Å². The summed E-state index contributed by atoms with van der Waals surface area (Å²) in [6, 6.07) is 0. The van der Waals surface area contributed by atoms with Crippen LogP contribution in [0.2, 0.25) is 0 Å². The molecule has 10 heteroatoms. The molecule has 0 atom stereocenters. The van der Waals surface area contributed by atoms with E-state index in [1.54, 1.807) is 0 Å². The highest BCUT2D eigenvalue weighted by atomic mass is 19.4. The summed E-state index contributed by atoms with van der Waals surface area (Å²) in [7, 11) is 0. The van der Waals surface area contributed by atoms with Crippen molar-refractivity contribution in [2.75, 3.05) is 0 Å². The van der Waals surface area contributed by atoms with Crippen LogP contribution in [0.15, 0.2) is 0 Å². The molecule has 85 valence electrons. The smallest absolute Gasteiger partial charge is 0.189 e. The van der Waals surface area contributed by atoms with Crippen LogP contribution in [0.3, 0.4) is 0 Å². The fourth-order valence-corrected chi connectivity index (χ4v) is 0.361. The summed E-state index contributed by atoms with van der Waals surface area (Å²) in [5, 5.41) is 9.16. The van der Waals surface area contributed by atoms with Crippen molar-refractivity contribution in [1.82, 2.24) is 0 Å². The third-order valence-corrected chi connectivity index (χ3v) is 1.12. The topological polar surface area (TPSA) is 19.9 Å². The molecule has 0 saturated heterocycles. The fraction of sp³-hybridized carbons (Fsp3) is 1.00. The highest BCUT2D eigenvalue weighted by Gasteiger charge is 2.82. The Hall–Kier alpha value is -0.670. The monoisotopic (exact) mass is 235 g/mol. The first-order valence-electron chi connectivity index (χ1n) is 2.65. The zero-order valence-corrected chi connectivity index (χ0v) is 5.81. The predicted octanol–water partition coefficient (Wildman–Crippen LogP) is 2.84. The zero-order chi connectivity index (χ0) is 12.0. The van der Waals surface area contributed by atoms with Gasteiger partial charge in [0, 0.05) is 0 Å². The van der Waals surface area contributed by atoms with Crippen molar-refractivity contribution in [2.45, 2.75) is 24.1 Å². The molecule has 0 aliphatic rings. The van der Waals surface area contributed by atoms with Gasteiger partial charge >= 0.3 is 24.1 Å². The van der Waals surface area contributed by atoms with E-state index in [0.29, 0.717) is 0 Å². The molecular weight excluding hydrogens is 235 g/mol. The molecule has 0 unspecified atom stereocenters. The first kappa shape index (κ1) is 13.3. The van der Waals surface area contributed by atoms with Crippen molar-refractivity contribution in [3.63, 3.8) is 0 Å². The first-order chi connectivity index (χ1) is 5.75. The second kappa shape index (κ2) is 2.91. The molecule has 0 rings (SSSR count). The Balaban J connectivity index is 5.30. The summed E-state index contributed by atoms with van der Waals surface area (Å²) in [4.78, 5) is 0. The highest BCUT2D eigenvalue weighted by Crippen LogP contribution is 2.52.